The van der Waals surface area contributed by atoms with Crippen LogP contribution in [0.2, 0.25) is 0 Å². The fourth-order valence-corrected chi connectivity index (χ4v) is 6.45. The second kappa shape index (κ2) is 9.37. The lowest BCUT2D eigenvalue weighted by molar-refractivity contribution is -0.274. The van der Waals surface area contributed by atoms with Gasteiger partial charge in [-0.25, -0.2) is 13.7 Å². The third kappa shape index (κ3) is 4.87. The van der Waals surface area contributed by atoms with Gasteiger partial charge in [0.05, 0.1) is 28.7 Å². The Morgan fingerprint density at radius 2 is 1.76 bits per heavy atom. The van der Waals surface area contributed by atoms with Gasteiger partial charge in [0.2, 0.25) is 0 Å². The Labute approximate surface area is 211 Å². The molecule has 5 rings (SSSR count). The topological polar surface area (TPSA) is 111 Å². The highest BCUT2D eigenvalue weighted by molar-refractivity contribution is 7.90. The Hall–Kier alpha value is -3.59. The maximum Gasteiger partial charge on any atom is 0.573 e. The fraction of sp³-hybridized carbons (Fsp3) is 0.269. The van der Waals surface area contributed by atoms with Gasteiger partial charge in [-0.15, -0.1) is 13.2 Å². The summed E-state index contributed by atoms with van der Waals surface area (Å²) in [4.78, 5) is -0.0164. The summed E-state index contributed by atoms with van der Waals surface area (Å²) in [6.07, 6.45) is -4.04. The van der Waals surface area contributed by atoms with Gasteiger partial charge >= 0.3 is 6.36 Å². The summed E-state index contributed by atoms with van der Waals surface area (Å²) in [6.45, 7) is 0. The molecule has 4 atom stereocenters. The molecule has 3 aromatic carbocycles. The lowest BCUT2D eigenvalue weighted by atomic mass is 9.88. The molecule has 3 N–H and O–H groups in total. The van der Waals surface area contributed by atoms with Crippen LogP contribution in [0.4, 0.5) is 13.2 Å². The van der Waals surface area contributed by atoms with Crippen LogP contribution in [0.5, 0.6) is 5.75 Å². The molecule has 1 heterocycles. The van der Waals surface area contributed by atoms with Crippen LogP contribution in [-0.2, 0) is 9.92 Å². The molecule has 4 unspecified atom stereocenters. The number of fused-ring (bicyclic) bond motifs is 3. The van der Waals surface area contributed by atoms with Crippen molar-refractivity contribution in [1.82, 2.24) is 9.29 Å². The molecule has 1 aliphatic rings. The Morgan fingerprint density at radius 1 is 1.05 bits per heavy atom. The van der Waals surface area contributed by atoms with Gasteiger partial charge in [0.15, 0.2) is 0 Å². The number of hydrogen-bond donors (Lipinski definition) is 3. The minimum absolute atomic E-state index is 0.0164. The molecular weight excluding hydrogens is 505 g/mol. The molecule has 1 aliphatic carbocycles. The van der Waals surface area contributed by atoms with Crippen LogP contribution in [0.15, 0.2) is 71.6 Å². The number of nitriles is 1. The first-order valence-corrected chi connectivity index (χ1v) is 13.2. The van der Waals surface area contributed by atoms with E-state index in [9.17, 15) is 27.7 Å². The van der Waals surface area contributed by atoms with E-state index in [0.717, 1.165) is 46.1 Å². The van der Waals surface area contributed by atoms with Gasteiger partial charge in [0.25, 0.3) is 0 Å². The number of aliphatic hydroxyl groups excluding tert-OH is 1. The van der Waals surface area contributed by atoms with Crippen LogP contribution in [0, 0.1) is 16.1 Å². The van der Waals surface area contributed by atoms with Gasteiger partial charge in [-0.3, -0.25) is 0 Å². The van der Waals surface area contributed by atoms with Gasteiger partial charge in [-0.2, -0.15) is 5.26 Å². The number of aliphatic hydroxyl groups is 1. The molecule has 1 aromatic heterocycles. The van der Waals surface area contributed by atoms with E-state index in [4.69, 9.17) is 4.78 Å². The number of halogens is 3. The maximum atomic E-state index is 13.2. The van der Waals surface area contributed by atoms with E-state index < -0.39 is 34.2 Å². The average molecular weight is 529 g/mol. The van der Waals surface area contributed by atoms with Crippen LogP contribution >= 0.6 is 0 Å². The summed E-state index contributed by atoms with van der Waals surface area (Å²) in [5, 5.41) is 22.6. The first-order valence-electron chi connectivity index (χ1n) is 11.6. The van der Waals surface area contributed by atoms with Crippen molar-refractivity contribution in [3.8, 4) is 11.8 Å². The number of hydrogen-bond acceptors (Lipinski definition) is 5. The van der Waals surface area contributed by atoms with E-state index >= 15 is 0 Å². The van der Waals surface area contributed by atoms with Crippen LogP contribution in [0.25, 0.3) is 21.8 Å². The molecule has 11 heteroatoms. The van der Waals surface area contributed by atoms with E-state index in [2.05, 4.69) is 15.5 Å². The highest BCUT2D eigenvalue weighted by Gasteiger charge is 2.36. The van der Waals surface area contributed by atoms with E-state index in [-0.39, 0.29) is 10.9 Å². The van der Waals surface area contributed by atoms with Gasteiger partial charge in [0.1, 0.15) is 15.7 Å². The Morgan fingerprint density at radius 3 is 2.46 bits per heavy atom. The molecule has 7 nitrogen and oxygen atoms in total. The monoisotopic (exact) mass is 528 g/mol. The second-order valence-corrected chi connectivity index (χ2v) is 10.8. The summed E-state index contributed by atoms with van der Waals surface area (Å²) >= 11 is 0. The van der Waals surface area contributed by atoms with Crippen LogP contribution in [0.3, 0.4) is 0 Å². The number of aromatic nitrogens is 1. The molecule has 0 bridgehead atoms. The third-order valence-corrected chi connectivity index (χ3v) is 8.27. The van der Waals surface area contributed by atoms with Crippen molar-refractivity contribution in [3.05, 3.63) is 72.3 Å². The van der Waals surface area contributed by atoms with Gasteiger partial charge in [-0.1, -0.05) is 18.2 Å². The molecule has 0 spiro atoms. The third-order valence-electron chi connectivity index (χ3n) is 6.70. The van der Waals surface area contributed by atoms with Crippen molar-refractivity contribution in [1.29, 1.82) is 10.0 Å². The Balaban J connectivity index is 1.45. The molecule has 37 heavy (non-hydrogen) atoms. The number of rotatable bonds is 5. The summed E-state index contributed by atoms with van der Waals surface area (Å²) in [5.74, 6) is -0.477. The average Bonchev–Trinajstić information content (AvgIpc) is 3.18. The normalized spacial score (nSPS) is 22.0. The Bertz CT molecular complexity index is 1610. The second-order valence-electron chi connectivity index (χ2n) is 9.02. The van der Waals surface area contributed by atoms with Crippen LogP contribution < -0.4 is 9.46 Å². The summed E-state index contributed by atoms with van der Waals surface area (Å²) in [7, 11) is -3.63. The number of nitrogens with one attached hydrogen (secondary N) is 2. The number of para-hydroxylation sites is 1. The van der Waals surface area contributed by atoms with E-state index in [1.807, 2.05) is 41.0 Å². The van der Waals surface area contributed by atoms with Crippen molar-refractivity contribution in [2.45, 2.75) is 48.7 Å². The summed E-state index contributed by atoms with van der Waals surface area (Å²) < 4.78 is 67.6. The van der Waals surface area contributed by atoms with Gasteiger partial charge < -0.3 is 14.4 Å². The van der Waals surface area contributed by atoms with E-state index in [1.165, 1.54) is 0 Å². The highest BCUT2D eigenvalue weighted by atomic mass is 32.2. The number of nitrogens with zero attached hydrogens (tertiary/aromatic N) is 2. The maximum absolute atomic E-state index is 13.2. The fourth-order valence-electron chi connectivity index (χ4n) is 5.11. The molecule has 1 saturated carbocycles. The van der Waals surface area contributed by atoms with Gasteiger partial charge in [0, 0.05) is 27.8 Å². The number of benzene rings is 3. The molecule has 0 aliphatic heterocycles. The molecule has 192 valence electrons. The van der Waals surface area contributed by atoms with E-state index in [1.54, 1.807) is 6.07 Å². The number of alkyl halides is 3. The van der Waals surface area contributed by atoms with Crippen molar-refractivity contribution in [2.75, 3.05) is 0 Å². The van der Waals surface area contributed by atoms with Crippen molar-refractivity contribution < 1.29 is 27.2 Å². The standard InChI is InChI=1S/C26H23F3N4O3S/c27-26(28,29)36-17-9-11-18(12-10-17)37(31,35)32-21-5-3-7-24(25(21)34)33-22-6-2-1-4-19(22)20-14-16(15-30)8-13-23(20)33/h1-2,4,6,8-14,21,24-25,34H,3,5,7H2,(H2,31,32,35). The molecule has 0 radical (unpaired) electrons. The molecule has 4 aromatic rings. The smallest absolute Gasteiger partial charge is 0.406 e. The predicted molar refractivity (Wildman–Crippen MR) is 132 cm³/mol. The largest absolute Gasteiger partial charge is 0.573 e. The van der Waals surface area contributed by atoms with Gasteiger partial charge in [-0.05, 0) is 67.8 Å². The minimum Gasteiger partial charge on any atom is -0.406 e. The zero-order chi connectivity index (χ0) is 26.4. The quantitative estimate of drug-likeness (QED) is 0.312. The first kappa shape index (κ1) is 25.1. The van der Waals surface area contributed by atoms with Crippen molar-refractivity contribution in [2.24, 2.45) is 0 Å². The lowest BCUT2D eigenvalue weighted by Gasteiger charge is -2.37. The summed E-state index contributed by atoms with van der Waals surface area (Å²) in [6, 6.07) is 18.5. The van der Waals surface area contributed by atoms with Crippen molar-refractivity contribution in [3.63, 3.8) is 0 Å². The predicted octanol–water partition coefficient (Wildman–Crippen LogP) is 5.63. The van der Waals surface area contributed by atoms with E-state index in [0.29, 0.717) is 24.8 Å². The minimum atomic E-state index is -4.85. The van der Waals surface area contributed by atoms with Crippen LogP contribution in [0.1, 0.15) is 30.9 Å². The summed E-state index contributed by atoms with van der Waals surface area (Å²) in [5.41, 5.74) is 2.28. The first-order chi connectivity index (χ1) is 17.6. The molecule has 1 fully saturated rings. The number of ether oxygens (including phenoxy) is 1. The SMILES string of the molecule is N#Cc1ccc2c(c1)c1ccccc1n2C1CCCC(NS(=N)(=O)c2ccc(OC(F)(F)F)cc2)C1O. The Kier molecular flexibility index (Phi) is 6.35. The molecule has 0 saturated heterocycles. The zero-order valence-corrected chi connectivity index (χ0v) is 20.2. The molecule has 0 amide bonds. The van der Waals surface area contributed by atoms with Crippen molar-refractivity contribution >= 4 is 31.7 Å². The lowest BCUT2D eigenvalue weighted by Crippen LogP contribution is -2.49. The van der Waals surface area contributed by atoms with Crippen LogP contribution in [-0.4, -0.2) is 32.4 Å². The highest BCUT2D eigenvalue weighted by Crippen LogP contribution is 2.38. The molecular formula is C26H23F3N4O3S. The zero-order valence-electron chi connectivity index (χ0n) is 19.4.